The Morgan fingerprint density at radius 2 is 1.94 bits per heavy atom. The van der Waals surface area contributed by atoms with E-state index in [9.17, 15) is 4.39 Å². The van der Waals surface area contributed by atoms with E-state index in [-0.39, 0.29) is 5.82 Å². The van der Waals surface area contributed by atoms with Crippen molar-refractivity contribution in [1.82, 2.24) is 4.98 Å². The lowest BCUT2D eigenvalue weighted by Gasteiger charge is -2.23. The maximum Gasteiger partial charge on any atom is 0.123 e. The minimum Gasteiger partial charge on any atom is -0.367 e. The van der Waals surface area contributed by atoms with E-state index in [4.69, 9.17) is 0 Å². The molecule has 0 N–H and O–H groups in total. The van der Waals surface area contributed by atoms with Crippen molar-refractivity contribution >= 4 is 21.6 Å². The molecule has 0 spiro atoms. The smallest absolute Gasteiger partial charge is 0.123 e. The van der Waals surface area contributed by atoms with Crippen LogP contribution < -0.4 is 4.90 Å². The number of hydrogen-bond acceptors (Lipinski definition) is 2. The first kappa shape index (κ1) is 13.0. The van der Waals surface area contributed by atoms with E-state index in [0.29, 0.717) is 0 Å². The van der Waals surface area contributed by atoms with Crippen LogP contribution in [-0.4, -0.2) is 11.5 Å². The van der Waals surface area contributed by atoms with Crippen LogP contribution in [0.1, 0.15) is 12.5 Å². The number of halogens is 2. The van der Waals surface area contributed by atoms with Crippen LogP contribution in [0.4, 0.5) is 10.1 Å². The van der Waals surface area contributed by atoms with Gasteiger partial charge in [-0.3, -0.25) is 4.98 Å². The van der Waals surface area contributed by atoms with Crippen LogP contribution in [0.25, 0.3) is 0 Å². The number of aromatic nitrogens is 1. The Hall–Kier alpha value is -1.42. The molecule has 2 nitrogen and oxygen atoms in total. The van der Waals surface area contributed by atoms with Crippen molar-refractivity contribution in [2.45, 2.75) is 13.5 Å². The molecule has 0 saturated carbocycles. The van der Waals surface area contributed by atoms with Crippen molar-refractivity contribution in [3.63, 3.8) is 0 Å². The zero-order valence-electron chi connectivity index (χ0n) is 10.1. The predicted octanol–water partition coefficient (Wildman–Crippen LogP) is 4.01. The molecule has 2 rings (SSSR count). The second kappa shape index (κ2) is 5.96. The number of nitrogens with zero attached hydrogens (tertiary/aromatic N) is 2. The largest absolute Gasteiger partial charge is 0.367 e. The molecule has 2 aromatic rings. The van der Waals surface area contributed by atoms with Crippen molar-refractivity contribution < 1.29 is 4.39 Å². The molecule has 0 bridgehead atoms. The van der Waals surface area contributed by atoms with Crippen LogP contribution in [0.3, 0.4) is 0 Å². The van der Waals surface area contributed by atoms with Gasteiger partial charge in [-0.2, -0.15) is 0 Å². The molecule has 0 unspecified atom stereocenters. The first-order valence-corrected chi connectivity index (χ1v) is 6.58. The highest BCUT2D eigenvalue weighted by atomic mass is 79.9. The summed E-state index contributed by atoms with van der Waals surface area (Å²) in [7, 11) is 0. The molecular formula is C14H14BrFN2. The summed E-state index contributed by atoms with van der Waals surface area (Å²) < 4.78 is 13.9. The molecule has 0 atom stereocenters. The highest BCUT2D eigenvalue weighted by molar-refractivity contribution is 9.10. The third-order valence-electron chi connectivity index (χ3n) is 2.71. The first-order valence-electron chi connectivity index (χ1n) is 5.79. The van der Waals surface area contributed by atoms with Gasteiger partial charge in [0.1, 0.15) is 5.82 Å². The van der Waals surface area contributed by atoms with Gasteiger partial charge in [-0.15, -0.1) is 0 Å². The minimum atomic E-state index is -0.209. The fourth-order valence-electron chi connectivity index (χ4n) is 1.80. The lowest BCUT2D eigenvalue weighted by atomic mass is 10.2. The van der Waals surface area contributed by atoms with Crippen LogP contribution in [-0.2, 0) is 6.54 Å². The molecule has 0 saturated heterocycles. The number of rotatable bonds is 4. The first-order chi connectivity index (χ1) is 8.69. The van der Waals surface area contributed by atoms with Crippen LogP contribution in [0.2, 0.25) is 0 Å². The second-order valence-electron chi connectivity index (χ2n) is 4.00. The molecule has 94 valence electrons. The number of hydrogen-bond donors (Lipinski definition) is 0. The van der Waals surface area contributed by atoms with Gasteiger partial charge in [0, 0.05) is 35.6 Å². The Morgan fingerprint density at radius 3 is 2.56 bits per heavy atom. The van der Waals surface area contributed by atoms with Crippen molar-refractivity contribution in [2.75, 3.05) is 11.4 Å². The molecule has 0 aliphatic rings. The molecule has 18 heavy (non-hydrogen) atoms. The van der Waals surface area contributed by atoms with Gasteiger partial charge in [-0.1, -0.05) is 0 Å². The minimum absolute atomic E-state index is 0.209. The van der Waals surface area contributed by atoms with Gasteiger partial charge < -0.3 is 4.90 Å². The highest BCUT2D eigenvalue weighted by Gasteiger charge is 2.06. The maximum atomic E-state index is 12.9. The Kier molecular flexibility index (Phi) is 4.31. The highest BCUT2D eigenvalue weighted by Crippen LogP contribution is 2.18. The van der Waals surface area contributed by atoms with E-state index in [1.165, 1.54) is 12.1 Å². The zero-order chi connectivity index (χ0) is 13.0. The summed E-state index contributed by atoms with van der Waals surface area (Å²) in [6.45, 7) is 3.70. The summed E-state index contributed by atoms with van der Waals surface area (Å²) in [6.07, 6.45) is 3.61. The summed E-state index contributed by atoms with van der Waals surface area (Å²) >= 11 is 3.41. The third kappa shape index (κ3) is 3.29. The molecule has 0 radical (unpaired) electrons. The monoisotopic (exact) mass is 308 g/mol. The molecule has 0 aliphatic carbocycles. The van der Waals surface area contributed by atoms with Crippen molar-refractivity contribution in [3.8, 4) is 0 Å². The van der Waals surface area contributed by atoms with E-state index in [2.05, 4.69) is 32.7 Å². The molecule has 4 heteroatoms. The van der Waals surface area contributed by atoms with Crippen LogP contribution in [0.5, 0.6) is 0 Å². The van der Waals surface area contributed by atoms with Crippen molar-refractivity contribution in [1.29, 1.82) is 0 Å². The molecule has 0 fully saturated rings. The Morgan fingerprint density at radius 1 is 1.22 bits per heavy atom. The average molecular weight is 309 g/mol. The summed E-state index contributed by atoms with van der Waals surface area (Å²) in [6, 6.07) is 8.60. The van der Waals surface area contributed by atoms with E-state index < -0.39 is 0 Å². The van der Waals surface area contributed by atoms with Gasteiger partial charge >= 0.3 is 0 Å². The van der Waals surface area contributed by atoms with Gasteiger partial charge in [0.15, 0.2) is 0 Å². The van der Waals surface area contributed by atoms with E-state index in [1.807, 2.05) is 12.3 Å². The predicted molar refractivity (Wildman–Crippen MR) is 75.1 cm³/mol. The molecule has 0 amide bonds. The van der Waals surface area contributed by atoms with Gasteiger partial charge in [0.25, 0.3) is 0 Å². The molecular weight excluding hydrogens is 295 g/mol. The van der Waals surface area contributed by atoms with Gasteiger partial charge in [0.2, 0.25) is 0 Å². The average Bonchev–Trinajstić information content (AvgIpc) is 2.37. The molecule has 1 heterocycles. The lowest BCUT2D eigenvalue weighted by Crippen LogP contribution is -2.22. The van der Waals surface area contributed by atoms with Crippen molar-refractivity contribution in [2.24, 2.45) is 0 Å². The number of pyridine rings is 1. The molecule has 1 aromatic heterocycles. The standard InChI is InChI=1S/C14H14BrFN2/c1-2-18(14-5-3-13(16)4-6-14)10-11-7-12(15)9-17-8-11/h3-9H,2,10H2,1H3. The summed E-state index contributed by atoms with van der Waals surface area (Å²) in [4.78, 5) is 6.32. The van der Waals surface area contributed by atoms with E-state index in [0.717, 1.165) is 28.8 Å². The maximum absolute atomic E-state index is 12.9. The Bertz CT molecular complexity index is 513. The Labute approximate surface area is 115 Å². The molecule has 0 aliphatic heterocycles. The van der Waals surface area contributed by atoms with E-state index in [1.54, 1.807) is 18.3 Å². The fourth-order valence-corrected chi connectivity index (χ4v) is 2.21. The lowest BCUT2D eigenvalue weighted by molar-refractivity contribution is 0.627. The normalized spacial score (nSPS) is 10.4. The number of anilines is 1. The van der Waals surface area contributed by atoms with Crippen molar-refractivity contribution in [3.05, 3.63) is 58.6 Å². The fraction of sp³-hybridized carbons (Fsp3) is 0.214. The summed E-state index contributed by atoms with van der Waals surface area (Å²) in [5.74, 6) is -0.209. The van der Waals surface area contributed by atoms with E-state index >= 15 is 0 Å². The van der Waals surface area contributed by atoms with Gasteiger partial charge in [-0.05, 0) is 58.7 Å². The summed E-state index contributed by atoms with van der Waals surface area (Å²) in [5, 5.41) is 0. The topological polar surface area (TPSA) is 16.1 Å². The SMILES string of the molecule is CCN(Cc1cncc(Br)c1)c1ccc(F)cc1. The molecule has 1 aromatic carbocycles. The number of benzene rings is 1. The van der Waals surface area contributed by atoms with Crippen LogP contribution >= 0.6 is 15.9 Å². The zero-order valence-corrected chi connectivity index (χ0v) is 11.7. The third-order valence-corrected chi connectivity index (χ3v) is 3.14. The van der Waals surface area contributed by atoms with Gasteiger partial charge in [0.05, 0.1) is 0 Å². The Balaban J connectivity index is 2.17. The van der Waals surface area contributed by atoms with Crippen LogP contribution in [0, 0.1) is 5.82 Å². The quantitative estimate of drug-likeness (QED) is 0.848. The van der Waals surface area contributed by atoms with Crippen LogP contribution in [0.15, 0.2) is 47.2 Å². The second-order valence-corrected chi connectivity index (χ2v) is 4.92. The summed E-state index contributed by atoms with van der Waals surface area (Å²) in [5.41, 5.74) is 2.13. The van der Waals surface area contributed by atoms with Gasteiger partial charge in [-0.25, -0.2) is 4.39 Å².